The van der Waals surface area contributed by atoms with Gasteiger partial charge in [0.1, 0.15) is 0 Å². The Bertz CT molecular complexity index is 290. The molecule has 4 heteroatoms. The molecule has 1 rings (SSSR count). The molecule has 0 aliphatic heterocycles. The summed E-state index contributed by atoms with van der Waals surface area (Å²) < 4.78 is 10.8. The summed E-state index contributed by atoms with van der Waals surface area (Å²) in [5, 5.41) is 0.717. The van der Waals surface area contributed by atoms with Crippen LogP contribution in [0, 0.1) is 0 Å². The highest BCUT2D eigenvalue weighted by Gasteiger charge is 2.09. The van der Waals surface area contributed by atoms with Crippen molar-refractivity contribution in [3.05, 3.63) is 34.9 Å². The molecular formula is C12H18ClNO2. The van der Waals surface area contributed by atoms with Crippen LogP contribution in [0.2, 0.25) is 5.02 Å². The fourth-order valence-electron chi connectivity index (χ4n) is 1.37. The molecule has 0 aliphatic rings. The van der Waals surface area contributed by atoms with Crippen molar-refractivity contribution in [2.45, 2.75) is 13.0 Å². The van der Waals surface area contributed by atoms with E-state index in [0.717, 1.165) is 5.56 Å². The number of nitrogens with two attached hydrogens (primary N) is 1. The molecular weight excluding hydrogens is 226 g/mol. The van der Waals surface area contributed by atoms with E-state index in [4.69, 9.17) is 26.8 Å². The van der Waals surface area contributed by atoms with Gasteiger partial charge in [-0.05, 0) is 24.6 Å². The molecule has 1 unspecified atom stereocenters. The summed E-state index contributed by atoms with van der Waals surface area (Å²) in [6.07, 6.45) is -0.0854. The Balaban J connectivity index is 2.44. The van der Waals surface area contributed by atoms with Gasteiger partial charge in [-0.25, -0.2) is 0 Å². The summed E-state index contributed by atoms with van der Waals surface area (Å²) in [7, 11) is 0. The molecule has 0 bridgehead atoms. The summed E-state index contributed by atoms with van der Waals surface area (Å²) in [4.78, 5) is 0. The van der Waals surface area contributed by atoms with Crippen LogP contribution in [0.5, 0.6) is 0 Å². The van der Waals surface area contributed by atoms with Gasteiger partial charge in [0.25, 0.3) is 0 Å². The van der Waals surface area contributed by atoms with Gasteiger partial charge in [-0.1, -0.05) is 23.7 Å². The minimum Gasteiger partial charge on any atom is -0.379 e. The van der Waals surface area contributed by atoms with Gasteiger partial charge >= 0.3 is 0 Å². The van der Waals surface area contributed by atoms with Gasteiger partial charge in [0.15, 0.2) is 0 Å². The maximum Gasteiger partial charge on any atom is 0.0948 e. The molecule has 1 aromatic carbocycles. The molecule has 0 heterocycles. The van der Waals surface area contributed by atoms with E-state index in [1.165, 1.54) is 0 Å². The average Bonchev–Trinajstić information content (AvgIpc) is 2.31. The van der Waals surface area contributed by atoms with Crippen LogP contribution in [0.25, 0.3) is 0 Å². The van der Waals surface area contributed by atoms with Crippen molar-refractivity contribution in [3.8, 4) is 0 Å². The van der Waals surface area contributed by atoms with E-state index in [1.807, 2.05) is 31.2 Å². The molecule has 0 radical (unpaired) electrons. The van der Waals surface area contributed by atoms with Crippen molar-refractivity contribution in [2.24, 2.45) is 5.73 Å². The number of hydrogen-bond acceptors (Lipinski definition) is 3. The van der Waals surface area contributed by atoms with Gasteiger partial charge in [-0.15, -0.1) is 0 Å². The van der Waals surface area contributed by atoms with E-state index >= 15 is 0 Å². The van der Waals surface area contributed by atoms with Gasteiger partial charge in [0.2, 0.25) is 0 Å². The molecule has 0 saturated heterocycles. The average molecular weight is 244 g/mol. The third kappa shape index (κ3) is 4.49. The van der Waals surface area contributed by atoms with Crippen LogP contribution in [0.3, 0.4) is 0 Å². The molecule has 1 atom stereocenters. The first-order chi connectivity index (χ1) is 7.77. The van der Waals surface area contributed by atoms with E-state index in [2.05, 4.69) is 0 Å². The van der Waals surface area contributed by atoms with Crippen LogP contribution in [0.15, 0.2) is 24.3 Å². The first-order valence-electron chi connectivity index (χ1n) is 5.42. The van der Waals surface area contributed by atoms with Crippen LogP contribution in [0.1, 0.15) is 18.6 Å². The fourth-order valence-corrected chi connectivity index (χ4v) is 1.50. The maximum atomic E-state index is 5.81. The summed E-state index contributed by atoms with van der Waals surface area (Å²) >= 11 is 5.81. The number of rotatable bonds is 7. The van der Waals surface area contributed by atoms with E-state index in [1.54, 1.807) is 0 Å². The van der Waals surface area contributed by atoms with E-state index in [-0.39, 0.29) is 6.10 Å². The summed E-state index contributed by atoms with van der Waals surface area (Å²) in [6, 6.07) is 7.54. The molecule has 0 fully saturated rings. The van der Waals surface area contributed by atoms with Gasteiger partial charge in [-0.3, -0.25) is 0 Å². The predicted octanol–water partition coefficient (Wildman–Crippen LogP) is 2.39. The SMILES string of the molecule is CCOCCOC(CN)c1ccc(Cl)cc1. The molecule has 1 aromatic rings. The Kier molecular flexibility index (Phi) is 6.42. The van der Waals surface area contributed by atoms with Gasteiger partial charge in [-0.2, -0.15) is 0 Å². The molecule has 3 nitrogen and oxygen atoms in total. The highest BCUT2D eigenvalue weighted by atomic mass is 35.5. The molecule has 0 aromatic heterocycles. The van der Waals surface area contributed by atoms with Crippen molar-refractivity contribution < 1.29 is 9.47 Å². The smallest absolute Gasteiger partial charge is 0.0948 e. The third-order valence-corrected chi connectivity index (χ3v) is 2.46. The molecule has 0 spiro atoms. The molecule has 0 aliphatic carbocycles. The first-order valence-corrected chi connectivity index (χ1v) is 5.80. The van der Waals surface area contributed by atoms with Crippen molar-refractivity contribution in [1.82, 2.24) is 0 Å². The number of ether oxygens (including phenoxy) is 2. The topological polar surface area (TPSA) is 44.5 Å². The number of halogens is 1. The minimum absolute atomic E-state index is 0.0854. The lowest BCUT2D eigenvalue weighted by Gasteiger charge is -2.16. The first kappa shape index (κ1) is 13.5. The third-order valence-electron chi connectivity index (χ3n) is 2.21. The van der Waals surface area contributed by atoms with Crippen LogP contribution < -0.4 is 5.73 Å². The molecule has 16 heavy (non-hydrogen) atoms. The monoisotopic (exact) mass is 243 g/mol. The highest BCUT2D eigenvalue weighted by Crippen LogP contribution is 2.18. The van der Waals surface area contributed by atoms with Gasteiger partial charge in [0.05, 0.1) is 19.3 Å². The van der Waals surface area contributed by atoms with E-state index < -0.39 is 0 Å². The van der Waals surface area contributed by atoms with E-state index in [0.29, 0.717) is 31.4 Å². The van der Waals surface area contributed by atoms with Gasteiger partial charge in [0, 0.05) is 18.2 Å². The Morgan fingerprint density at radius 2 is 1.94 bits per heavy atom. The maximum absolute atomic E-state index is 5.81. The summed E-state index contributed by atoms with van der Waals surface area (Å²) in [5.41, 5.74) is 6.70. The number of hydrogen-bond donors (Lipinski definition) is 1. The molecule has 90 valence electrons. The Morgan fingerprint density at radius 1 is 1.25 bits per heavy atom. The second-order valence-electron chi connectivity index (χ2n) is 3.34. The quantitative estimate of drug-likeness (QED) is 0.748. The normalized spacial score (nSPS) is 12.7. The van der Waals surface area contributed by atoms with Crippen molar-refractivity contribution in [3.63, 3.8) is 0 Å². The van der Waals surface area contributed by atoms with Crippen LogP contribution in [-0.4, -0.2) is 26.4 Å². The Hall–Kier alpha value is -0.610. The fraction of sp³-hybridized carbons (Fsp3) is 0.500. The number of benzene rings is 1. The zero-order chi connectivity index (χ0) is 11.8. The zero-order valence-electron chi connectivity index (χ0n) is 9.49. The highest BCUT2D eigenvalue weighted by molar-refractivity contribution is 6.30. The van der Waals surface area contributed by atoms with Crippen LogP contribution >= 0.6 is 11.6 Å². The van der Waals surface area contributed by atoms with Crippen LogP contribution in [-0.2, 0) is 9.47 Å². The minimum atomic E-state index is -0.0854. The molecule has 0 saturated carbocycles. The van der Waals surface area contributed by atoms with Gasteiger partial charge < -0.3 is 15.2 Å². The van der Waals surface area contributed by atoms with Crippen LogP contribution in [0.4, 0.5) is 0 Å². The predicted molar refractivity (Wildman–Crippen MR) is 65.7 cm³/mol. The summed E-state index contributed by atoms with van der Waals surface area (Å²) in [5.74, 6) is 0. The second kappa shape index (κ2) is 7.63. The Labute approximate surface area is 101 Å². The zero-order valence-corrected chi connectivity index (χ0v) is 10.2. The lowest BCUT2D eigenvalue weighted by Crippen LogP contribution is -2.18. The largest absolute Gasteiger partial charge is 0.379 e. The molecule has 0 amide bonds. The van der Waals surface area contributed by atoms with E-state index in [9.17, 15) is 0 Å². The lowest BCUT2D eigenvalue weighted by molar-refractivity contribution is 0.0104. The standard InChI is InChI=1S/C12H18ClNO2/c1-2-15-7-8-16-12(9-14)10-3-5-11(13)6-4-10/h3-6,12H,2,7-9,14H2,1H3. The lowest BCUT2D eigenvalue weighted by atomic mass is 10.1. The molecule has 2 N–H and O–H groups in total. The second-order valence-corrected chi connectivity index (χ2v) is 3.78. The van der Waals surface area contributed by atoms with Crippen molar-refractivity contribution >= 4 is 11.6 Å². The summed E-state index contributed by atoms with van der Waals surface area (Å²) in [6.45, 7) is 4.27. The Morgan fingerprint density at radius 3 is 2.50 bits per heavy atom. The van der Waals surface area contributed by atoms with Crippen molar-refractivity contribution in [1.29, 1.82) is 0 Å². The van der Waals surface area contributed by atoms with Crippen molar-refractivity contribution in [2.75, 3.05) is 26.4 Å².